The molecule has 0 aromatic carbocycles. The van der Waals surface area contributed by atoms with Crippen LogP contribution >= 0.6 is 0 Å². The normalized spacial score (nSPS) is 15.8. The molecule has 0 rings (SSSR count). The summed E-state index contributed by atoms with van der Waals surface area (Å²) >= 11 is 0. The second-order valence-corrected chi connectivity index (χ2v) is 5.18. The first-order valence-corrected chi connectivity index (χ1v) is 6.34. The minimum Gasteiger partial charge on any atom is -0.400 e. The van der Waals surface area contributed by atoms with Gasteiger partial charge in [0.15, 0.2) is 0 Å². The number of carbonyl (C=O) groups excluding carboxylic acids is 1. The number of hydrogen-bond donors (Lipinski definition) is 2. The number of hydrogen-bond acceptors (Lipinski definition) is 4. The molecule has 0 amide bonds. The number of esters is 1. The number of aliphatic hydroxyl groups is 2. The summed E-state index contributed by atoms with van der Waals surface area (Å²) in [4.78, 5) is 10.5. The van der Waals surface area contributed by atoms with E-state index < -0.39 is 53.7 Å². The Balaban J connectivity index is 6.69. The molecule has 0 unspecified atom stereocenters. The maximum Gasteiger partial charge on any atom is 0.460 e. The van der Waals surface area contributed by atoms with E-state index in [1.165, 1.54) is 0 Å². The lowest BCUT2D eigenvalue weighted by molar-refractivity contribution is -0.494. The number of alkyl halides is 15. The monoisotopic (exact) mass is 486 g/mol. The van der Waals surface area contributed by atoms with Crippen LogP contribution in [0, 0.1) is 0 Å². The Morgan fingerprint density at radius 2 is 0.867 bits per heavy atom. The Morgan fingerprint density at radius 1 is 0.600 bits per heavy atom. The number of rotatable bonds is 8. The van der Waals surface area contributed by atoms with Crippen molar-refractivity contribution < 1.29 is 85.6 Å². The zero-order valence-electron chi connectivity index (χ0n) is 13.2. The zero-order valence-corrected chi connectivity index (χ0v) is 13.2. The topological polar surface area (TPSA) is 66.8 Å². The van der Waals surface area contributed by atoms with E-state index in [2.05, 4.69) is 11.3 Å². The minimum absolute atomic E-state index is 0.319. The second kappa shape index (κ2) is 7.06. The van der Waals surface area contributed by atoms with Crippen molar-refractivity contribution in [2.24, 2.45) is 0 Å². The van der Waals surface area contributed by atoms with Crippen LogP contribution in [0.15, 0.2) is 12.7 Å². The van der Waals surface area contributed by atoms with Crippen molar-refractivity contribution in [3.8, 4) is 0 Å². The van der Waals surface area contributed by atoms with Gasteiger partial charge < -0.3 is 14.9 Å². The Morgan fingerprint density at radius 3 is 1.13 bits per heavy atom. The van der Waals surface area contributed by atoms with Crippen LogP contribution < -0.4 is 0 Å². The molecule has 0 heterocycles. The smallest absolute Gasteiger partial charge is 0.400 e. The number of halogens is 15. The Hall–Kier alpha value is -1.92. The van der Waals surface area contributed by atoms with Gasteiger partial charge in [-0.25, -0.2) is 4.79 Å². The molecule has 4 nitrogen and oxygen atoms in total. The van der Waals surface area contributed by atoms with E-state index in [1.807, 2.05) is 0 Å². The molecule has 0 aromatic rings. The summed E-state index contributed by atoms with van der Waals surface area (Å²) in [6.45, 7) is 2.37. The molecule has 19 heteroatoms. The van der Waals surface area contributed by atoms with Crippen LogP contribution in [0.3, 0.4) is 0 Å². The Bertz CT molecular complexity index is 679. The standard InChI is InChI=1S/C11H5F15O4/c1-2-3(27)30-11(28,29)9(22,23)7(18,19)5(14,15)4(12,13)6(16,17)8(20,21)10(24,25)26/h2,28-29H,1H2. The van der Waals surface area contributed by atoms with E-state index in [9.17, 15) is 70.7 Å². The predicted octanol–water partition coefficient (Wildman–Crippen LogP) is 3.73. The van der Waals surface area contributed by atoms with Crippen molar-refractivity contribution in [2.75, 3.05) is 0 Å². The Labute approximate surface area is 153 Å². The highest BCUT2D eigenvalue weighted by Crippen LogP contribution is 2.63. The van der Waals surface area contributed by atoms with E-state index in [4.69, 9.17) is 10.2 Å². The molecule has 0 aliphatic carbocycles. The largest absolute Gasteiger partial charge is 0.460 e. The van der Waals surface area contributed by atoms with Gasteiger partial charge in [-0.3, -0.25) is 0 Å². The molecule has 0 atom stereocenters. The van der Waals surface area contributed by atoms with Gasteiger partial charge in [0, 0.05) is 6.08 Å². The van der Waals surface area contributed by atoms with Gasteiger partial charge in [-0.05, 0) is 0 Å². The molecule has 0 saturated heterocycles. The molecule has 0 saturated carbocycles. The van der Waals surface area contributed by atoms with Crippen LogP contribution in [-0.2, 0) is 9.53 Å². The molecule has 0 aliphatic rings. The van der Waals surface area contributed by atoms with E-state index >= 15 is 0 Å². The van der Waals surface area contributed by atoms with Gasteiger partial charge in [0.05, 0.1) is 0 Å². The number of carbonyl (C=O) groups is 1. The highest BCUT2D eigenvalue weighted by Gasteiger charge is 2.95. The van der Waals surface area contributed by atoms with E-state index in [-0.39, 0.29) is 6.08 Å². The van der Waals surface area contributed by atoms with Crippen molar-refractivity contribution in [2.45, 2.75) is 47.7 Å². The number of ether oxygens (including phenoxy) is 1. The molecular weight excluding hydrogens is 481 g/mol. The van der Waals surface area contributed by atoms with Gasteiger partial charge in [0.1, 0.15) is 0 Å². The lowest BCUT2D eigenvalue weighted by Gasteiger charge is -2.43. The molecular formula is C11H5F15O4. The zero-order chi connectivity index (χ0) is 25.0. The lowest BCUT2D eigenvalue weighted by Crippen LogP contribution is -2.75. The quantitative estimate of drug-likeness (QED) is 0.238. The van der Waals surface area contributed by atoms with Crippen molar-refractivity contribution in [1.29, 1.82) is 0 Å². The Kier molecular flexibility index (Phi) is 6.61. The summed E-state index contributed by atoms with van der Waals surface area (Å²) in [6.07, 6.45) is -8.09. The van der Waals surface area contributed by atoms with Gasteiger partial charge in [-0.2, -0.15) is 65.9 Å². The van der Waals surface area contributed by atoms with Crippen LogP contribution in [0.4, 0.5) is 65.9 Å². The third-order valence-electron chi connectivity index (χ3n) is 3.15. The molecule has 0 spiro atoms. The lowest BCUT2D eigenvalue weighted by atomic mass is 9.90. The SMILES string of the molecule is C=CC(=O)OC(O)(O)C(F)(F)C(F)(F)C(F)(F)C(F)(F)C(F)(F)C(F)(F)C(F)(F)F. The van der Waals surface area contributed by atoms with Crippen LogP contribution in [0.2, 0.25) is 0 Å². The summed E-state index contributed by atoms with van der Waals surface area (Å²) < 4.78 is 196. The second-order valence-electron chi connectivity index (χ2n) is 5.18. The van der Waals surface area contributed by atoms with Crippen molar-refractivity contribution in [3.05, 3.63) is 12.7 Å². The minimum atomic E-state index is -8.62. The third kappa shape index (κ3) is 3.54. The molecule has 0 bridgehead atoms. The molecule has 2 N–H and O–H groups in total. The van der Waals surface area contributed by atoms with E-state index in [1.54, 1.807) is 0 Å². The predicted molar refractivity (Wildman–Crippen MR) is 59.2 cm³/mol. The van der Waals surface area contributed by atoms with Gasteiger partial charge in [-0.1, -0.05) is 6.58 Å². The van der Waals surface area contributed by atoms with Crippen molar-refractivity contribution >= 4 is 5.97 Å². The van der Waals surface area contributed by atoms with Gasteiger partial charge >= 0.3 is 53.7 Å². The summed E-state index contributed by atoms with van der Waals surface area (Å²) in [5.41, 5.74) is 0. The van der Waals surface area contributed by atoms with Crippen molar-refractivity contribution in [3.63, 3.8) is 0 Å². The molecule has 0 fully saturated rings. The molecule has 0 radical (unpaired) electrons. The average molecular weight is 486 g/mol. The highest BCUT2D eigenvalue weighted by molar-refractivity contribution is 5.81. The first-order valence-electron chi connectivity index (χ1n) is 6.34. The summed E-state index contributed by atoms with van der Waals surface area (Å²) in [5, 5.41) is 17.1. The first kappa shape index (κ1) is 28.1. The maximum absolute atomic E-state index is 13.4. The van der Waals surface area contributed by atoms with Gasteiger partial charge in [0.25, 0.3) is 0 Å². The molecule has 178 valence electrons. The fourth-order valence-electron chi connectivity index (χ4n) is 1.42. The first-order chi connectivity index (χ1) is 12.7. The average Bonchev–Trinajstić information content (AvgIpc) is 2.51. The van der Waals surface area contributed by atoms with E-state index in [0.717, 1.165) is 0 Å². The summed E-state index contributed by atoms with van der Waals surface area (Å²) in [5.74, 6) is -58.5. The fourth-order valence-corrected chi connectivity index (χ4v) is 1.42. The van der Waals surface area contributed by atoms with Crippen LogP contribution in [0.25, 0.3) is 0 Å². The van der Waals surface area contributed by atoms with Gasteiger partial charge in [-0.15, -0.1) is 0 Å². The molecule has 30 heavy (non-hydrogen) atoms. The third-order valence-corrected chi connectivity index (χ3v) is 3.15. The summed E-state index contributed by atoms with van der Waals surface area (Å²) in [7, 11) is 0. The molecule has 0 aromatic heterocycles. The van der Waals surface area contributed by atoms with Crippen LogP contribution in [-0.4, -0.2) is 63.9 Å². The summed E-state index contributed by atoms with van der Waals surface area (Å²) in [6, 6.07) is 0. The fraction of sp³-hybridized carbons (Fsp3) is 0.727. The van der Waals surface area contributed by atoms with Crippen LogP contribution in [0.1, 0.15) is 0 Å². The highest BCUT2D eigenvalue weighted by atomic mass is 19.4. The van der Waals surface area contributed by atoms with Crippen molar-refractivity contribution in [1.82, 2.24) is 0 Å². The van der Waals surface area contributed by atoms with E-state index in [0.29, 0.717) is 0 Å². The molecule has 0 aliphatic heterocycles. The van der Waals surface area contributed by atoms with Crippen LogP contribution in [0.5, 0.6) is 0 Å². The maximum atomic E-state index is 13.4. The van der Waals surface area contributed by atoms with Gasteiger partial charge in [0.2, 0.25) is 0 Å².